The van der Waals surface area contributed by atoms with E-state index in [0.717, 1.165) is 6.29 Å². The van der Waals surface area contributed by atoms with Gasteiger partial charge in [0.1, 0.15) is 11.8 Å². The van der Waals surface area contributed by atoms with Crippen LogP contribution in [0.1, 0.15) is 0 Å². The van der Waals surface area contributed by atoms with E-state index in [1.807, 2.05) is 0 Å². The normalized spacial score (nSPS) is 37.4. The Morgan fingerprint density at radius 1 is 1.82 bits per heavy atom. The third-order valence-electron chi connectivity index (χ3n) is 1.73. The predicted molar refractivity (Wildman–Crippen MR) is 43.4 cm³/mol. The average Bonchev–Trinajstić information content (AvgIpc) is 1.99. The Morgan fingerprint density at radius 3 is 2.91 bits per heavy atom. The van der Waals surface area contributed by atoms with E-state index in [1.165, 1.54) is 0 Å². The molecule has 0 spiro atoms. The molecule has 62 valence electrons. The highest BCUT2D eigenvalue weighted by atomic mass is 35.5. The highest BCUT2D eigenvalue weighted by molar-refractivity contribution is 6.22. The number of hydrogen-bond donors (Lipinski definition) is 1. The number of nitrogens with zero attached hydrogens (tertiary/aromatic N) is 2. The number of halogens is 1. The van der Waals surface area contributed by atoms with Gasteiger partial charge in [-0.3, -0.25) is 4.99 Å². The summed E-state index contributed by atoms with van der Waals surface area (Å²) in [5.74, 6) is -0.410. The van der Waals surface area contributed by atoms with Gasteiger partial charge in [-0.1, -0.05) is 11.6 Å². The molecule has 0 amide bonds. The van der Waals surface area contributed by atoms with E-state index in [4.69, 9.17) is 17.3 Å². The van der Waals surface area contributed by atoms with Gasteiger partial charge in [0.05, 0.1) is 18.4 Å². The smallest absolute Gasteiger partial charge is 0.138 e. The molecule has 5 heteroatoms. The number of rotatable bonds is 1. The van der Waals surface area contributed by atoms with Crippen LogP contribution in [0.5, 0.6) is 0 Å². The Labute approximate surface area is 70.0 Å². The molecule has 1 heterocycles. The minimum absolute atomic E-state index is 0.354. The molecule has 4 nitrogen and oxygen atoms in total. The van der Waals surface area contributed by atoms with Crippen LogP contribution in [-0.2, 0) is 4.79 Å². The van der Waals surface area contributed by atoms with Gasteiger partial charge in [0.2, 0.25) is 0 Å². The second-order valence-corrected chi connectivity index (χ2v) is 2.95. The van der Waals surface area contributed by atoms with Crippen LogP contribution in [-0.4, -0.2) is 36.2 Å². The van der Waals surface area contributed by atoms with Gasteiger partial charge in [0, 0.05) is 7.05 Å². The fourth-order valence-electron chi connectivity index (χ4n) is 0.925. The average molecular weight is 176 g/mol. The lowest BCUT2D eigenvalue weighted by atomic mass is 10.1. The summed E-state index contributed by atoms with van der Waals surface area (Å²) in [5.41, 5.74) is 5.13. The van der Waals surface area contributed by atoms with Crippen molar-refractivity contribution in [2.75, 3.05) is 7.05 Å². The third-order valence-corrected chi connectivity index (χ3v) is 2.13. The van der Waals surface area contributed by atoms with Crippen LogP contribution in [0.25, 0.3) is 0 Å². The lowest BCUT2D eigenvalue weighted by Crippen LogP contribution is -2.50. The zero-order valence-corrected chi connectivity index (χ0v) is 6.90. The standard InChI is InChI=1S/C6H10ClN3O/c1-10-3-9-5(7)4(2-11)6(10)8/h2-6H,8H2,1H3. The van der Waals surface area contributed by atoms with Crippen LogP contribution >= 0.6 is 11.6 Å². The number of alkyl halides is 1. The zero-order valence-electron chi connectivity index (χ0n) is 6.14. The van der Waals surface area contributed by atoms with E-state index in [2.05, 4.69) is 4.99 Å². The summed E-state index contributed by atoms with van der Waals surface area (Å²) in [6.45, 7) is 0. The van der Waals surface area contributed by atoms with Crippen molar-refractivity contribution in [3.8, 4) is 0 Å². The summed E-state index contributed by atoms with van der Waals surface area (Å²) in [6.07, 6.45) is 1.94. The Bertz CT molecular complexity index is 185. The maximum atomic E-state index is 10.5. The Morgan fingerprint density at radius 2 is 2.45 bits per heavy atom. The first kappa shape index (κ1) is 8.49. The third kappa shape index (κ3) is 1.52. The number of carbonyl (C=O) groups is 1. The molecule has 0 saturated carbocycles. The summed E-state index contributed by atoms with van der Waals surface area (Å²) in [6, 6.07) is 0. The van der Waals surface area contributed by atoms with Crippen molar-refractivity contribution in [3.05, 3.63) is 0 Å². The summed E-state index contributed by atoms with van der Waals surface area (Å²) in [5, 5.41) is 0. The molecule has 11 heavy (non-hydrogen) atoms. The maximum absolute atomic E-state index is 10.5. The van der Waals surface area contributed by atoms with Gasteiger partial charge in [-0.2, -0.15) is 0 Å². The number of carbonyl (C=O) groups excluding carboxylic acids is 1. The molecule has 1 rings (SSSR count). The van der Waals surface area contributed by atoms with E-state index in [-0.39, 0.29) is 6.17 Å². The molecule has 0 aromatic heterocycles. The van der Waals surface area contributed by atoms with Gasteiger partial charge in [0.25, 0.3) is 0 Å². The van der Waals surface area contributed by atoms with Crippen LogP contribution < -0.4 is 5.73 Å². The fourth-order valence-corrected chi connectivity index (χ4v) is 1.18. The molecule has 0 bridgehead atoms. The SMILES string of the molecule is CN1C=NC(Cl)C(C=O)C1N. The van der Waals surface area contributed by atoms with Crippen molar-refractivity contribution in [1.29, 1.82) is 0 Å². The highest BCUT2D eigenvalue weighted by Crippen LogP contribution is 2.18. The van der Waals surface area contributed by atoms with Crippen molar-refractivity contribution < 1.29 is 4.79 Å². The van der Waals surface area contributed by atoms with Crippen molar-refractivity contribution in [3.63, 3.8) is 0 Å². The van der Waals surface area contributed by atoms with Gasteiger partial charge < -0.3 is 15.4 Å². The first-order valence-corrected chi connectivity index (χ1v) is 3.70. The van der Waals surface area contributed by atoms with Crippen LogP contribution in [0.3, 0.4) is 0 Å². The molecule has 3 unspecified atom stereocenters. The molecular formula is C6H10ClN3O. The van der Waals surface area contributed by atoms with Crippen LogP contribution in [0.15, 0.2) is 4.99 Å². The largest absolute Gasteiger partial charge is 0.350 e. The maximum Gasteiger partial charge on any atom is 0.138 e. The summed E-state index contributed by atoms with van der Waals surface area (Å²) >= 11 is 5.71. The van der Waals surface area contributed by atoms with Crippen LogP contribution in [0.4, 0.5) is 0 Å². The topological polar surface area (TPSA) is 58.7 Å². The van der Waals surface area contributed by atoms with Crippen molar-refractivity contribution >= 4 is 24.2 Å². The predicted octanol–water partition coefficient (Wildman–Crippen LogP) is -0.375. The molecule has 3 atom stereocenters. The van der Waals surface area contributed by atoms with E-state index >= 15 is 0 Å². The van der Waals surface area contributed by atoms with Crippen LogP contribution in [0.2, 0.25) is 0 Å². The molecule has 0 radical (unpaired) electrons. The van der Waals surface area contributed by atoms with E-state index in [9.17, 15) is 4.79 Å². The quantitative estimate of drug-likeness (QED) is 0.336. The van der Waals surface area contributed by atoms with Crippen LogP contribution in [0, 0.1) is 5.92 Å². The Hall–Kier alpha value is -0.610. The molecule has 0 aliphatic carbocycles. The monoisotopic (exact) mass is 175 g/mol. The molecule has 1 aliphatic heterocycles. The number of nitrogens with two attached hydrogens (primary N) is 1. The number of aldehydes is 1. The minimum atomic E-state index is -0.515. The van der Waals surface area contributed by atoms with Crippen molar-refractivity contribution in [1.82, 2.24) is 4.90 Å². The molecule has 0 aromatic rings. The van der Waals surface area contributed by atoms with E-state index in [1.54, 1.807) is 18.3 Å². The van der Waals surface area contributed by atoms with E-state index in [0.29, 0.717) is 0 Å². The molecule has 0 aromatic carbocycles. The number of aliphatic imine (C=N–C) groups is 1. The molecule has 0 saturated heterocycles. The molecule has 2 N–H and O–H groups in total. The Kier molecular flexibility index (Phi) is 2.46. The van der Waals surface area contributed by atoms with Gasteiger partial charge in [0.15, 0.2) is 0 Å². The second kappa shape index (κ2) is 3.19. The first-order valence-electron chi connectivity index (χ1n) is 3.27. The van der Waals surface area contributed by atoms with E-state index < -0.39 is 11.4 Å². The molecular weight excluding hydrogens is 166 g/mol. The summed E-state index contributed by atoms with van der Waals surface area (Å²) < 4.78 is 0. The van der Waals surface area contributed by atoms with Gasteiger partial charge in [-0.15, -0.1) is 0 Å². The molecule has 1 aliphatic rings. The summed E-state index contributed by atoms with van der Waals surface area (Å²) in [4.78, 5) is 16.0. The summed E-state index contributed by atoms with van der Waals surface area (Å²) in [7, 11) is 1.76. The lowest BCUT2D eigenvalue weighted by Gasteiger charge is -2.32. The second-order valence-electron chi connectivity index (χ2n) is 2.51. The highest BCUT2D eigenvalue weighted by Gasteiger charge is 2.30. The van der Waals surface area contributed by atoms with Gasteiger partial charge >= 0.3 is 0 Å². The van der Waals surface area contributed by atoms with Gasteiger partial charge in [-0.05, 0) is 0 Å². The fraction of sp³-hybridized carbons (Fsp3) is 0.667. The molecule has 0 fully saturated rings. The number of hydrogen-bond acceptors (Lipinski definition) is 4. The van der Waals surface area contributed by atoms with Crippen molar-refractivity contribution in [2.24, 2.45) is 16.6 Å². The zero-order chi connectivity index (χ0) is 8.43. The van der Waals surface area contributed by atoms with Crippen molar-refractivity contribution in [2.45, 2.75) is 11.7 Å². The Balaban J connectivity index is 2.77. The van der Waals surface area contributed by atoms with Gasteiger partial charge in [-0.25, -0.2) is 0 Å². The lowest BCUT2D eigenvalue weighted by molar-refractivity contribution is -0.112. The first-order chi connectivity index (χ1) is 5.16. The minimum Gasteiger partial charge on any atom is -0.350 e.